The molecule has 3 nitrogen and oxygen atoms in total. The number of thioether (sulfide) groups is 1. The fourth-order valence-electron chi connectivity index (χ4n) is 1.43. The summed E-state index contributed by atoms with van der Waals surface area (Å²) in [6.45, 7) is 2.15. The molecular weight excluding hydrogens is 236 g/mol. The lowest BCUT2D eigenvalue weighted by molar-refractivity contribution is 0.108. The molecule has 1 aromatic rings. The molecule has 0 aromatic heterocycles. The van der Waals surface area contributed by atoms with Gasteiger partial charge in [-0.1, -0.05) is 37.9 Å². The van der Waals surface area contributed by atoms with E-state index in [1.165, 1.54) is 42.8 Å². The summed E-state index contributed by atoms with van der Waals surface area (Å²) < 4.78 is 0. The number of hydrogen-bond acceptors (Lipinski definition) is 4. The van der Waals surface area contributed by atoms with Crippen molar-refractivity contribution in [2.75, 3.05) is 5.75 Å². The molecule has 0 aliphatic carbocycles. The number of phenolic OH excluding ortho intramolecular Hbond substituents is 2. The van der Waals surface area contributed by atoms with E-state index < -0.39 is 0 Å². The molecule has 1 rings (SSSR count). The Morgan fingerprint density at radius 3 is 2.59 bits per heavy atom. The molecule has 4 heteroatoms. The van der Waals surface area contributed by atoms with Crippen LogP contribution in [0.25, 0.3) is 0 Å². The fraction of sp³-hybridized carbons (Fsp3) is 0.462. The van der Waals surface area contributed by atoms with Crippen LogP contribution in [0.5, 0.6) is 11.5 Å². The number of benzene rings is 1. The minimum atomic E-state index is -0.248. The number of aromatic hydroxyl groups is 2. The van der Waals surface area contributed by atoms with Gasteiger partial charge in [0.05, 0.1) is 0 Å². The molecule has 0 spiro atoms. The molecule has 0 fully saturated rings. The molecule has 0 aliphatic rings. The average molecular weight is 254 g/mol. The van der Waals surface area contributed by atoms with E-state index in [0.717, 1.165) is 18.6 Å². The van der Waals surface area contributed by atoms with Gasteiger partial charge in [0.25, 0.3) is 0 Å². The maximum absolute atomic E-state index is 11.7. The standard InChI is InChI=1S/C13H18O3S/c1-2-3-4-5-8-17-13(16)10-6-7-11(14)12(15)9-10/h6-7,9,14-15H,2-5,8H2,1H3. The smallest absolute Gasteiger partial charge is 0.219 e. The summed E-state index contributed by atoms with van der Waals surface area (Å²) in [7, 11) is 0. The number of carbonyl (C=O) groups is 1. The summed E-state index contributed by atoms with van der Waals surface area (Å²) in [5.74, 6) is 0.359. The molecule has 2 N–H and O–H groups in total. The molecule has 0 unspecified atom stereocenters. The molecule has 1 aromatic carbocycles. The van der Waals surface area contributed by atoms with Crippen LogP contribution >= 0.6 is 11.8 Å². The van der Waals surface area contributed by atoms with Gasteiger partial charge in [-0.05, 0) is 24.6 Å². The molecule has 0 bridgehead atoms. The summed E-state index contributed by atoms with van der Waals surface area (Å²) in [5, 5.41) is 18.4. The van der Waals surface area contributed by atoms with Gasteiger partial charge < -0.3 is 10.2 Å². The lowest BCUT2D eigenvalue weighted by atomic mass is 10.2. The van der Waals surface area contributed by atoms with Crippen LogP contribution in [0.15, 0.2) is 18.2 Å². The van der Waals surface area contributed by atoms with Crippen molar-refractivity contribution in [3.8, 4) is 11.5 Å². The molecular formula is C13H18O3S. The van der Waals surface area contributed by atoms with Crippen LogP contribution in [0.2, 0.25) is 0 Å². The topological polar surface area (TPSA) is 57.5 Å². The van der Waals surface area contributed by atoms with Crippen LogP contribution in [-0.4, -0.2) is 21.1 Å². The molecule has 0 heterocycles. The summed E-state index contributed by atoms with van der Waals surface area (Å²) in [6, 6.07) is 4.16. The SMILES string of the molecule is CCCCCCSC(=O)c1ccc(O)c(O)c1. The Labute approximate surface area is 106 Å². The van der Waals surface area contributed by atoms with Crippen LogP contribution in [0.3, 0.4) is 0 Å². The quantitative estimate of drug-likeness (QED) is 0.602. The van der Waals surface area contributed by atoms with E-state index in [9.17, 15) is 9.90 Å². The highest BCUT2D eigenvalue weighted by Gasteiger charge is 2.09. The largest absolute Gasteiger partial charge is 0.504 e. The van der Waals surface area contributed by atoms with Crippen molar-refractivity contribution in [3.05, 3.63) is 23.8 Å². The van der Waals surface area contributed by atoms with E-state index in [0.29, 0.717) is 5.56 Å². The number of unbranched alkanes of at least 4 members (excludes halogenated alkanes) is 3. The summed E-state index contributed by atoms with van der Waals surface area (Å²) >= 11 is 1.26. The number of hydrogen-bond donors (Lipinski definition) is 2. The van der Waals surface area contributed by atoms with Crippen LogP contribution in [-0.2, 0) is 0 Å². The Hall–Kier alpha value is -1.16. The molecule has 17 heavy (non-hydrogen) atoms. The summed E-state index contributed by atoms with van der Waals surface area (Å²) in [5.41, 5.74) is 0.431. The van der Waals surface area contributed by atoms with Gasteiger partial charge in [0.2, 0.25) is 5.12 Å². The first-order chi connectivity index (χ1) is 8.15. The van der Waals surface area contributed by atoms with E-state index in [1.54, 1.807) is 0 Å². The van der Waals surface area contributed by atoms with Gasteiger partial charge in [-0.3, -0.25) is 4.79 Å². The molecule has 0 amide bonds. The third-order valence-electron chi connectivity index (χ3n) is 2.44. The zero-order valence-electron chi connectivity index (χ0n) is 9.98. The Bertz CT molecular complexity index is 377. The molecule has 0 radical (unpaired) electrons. The van der Waals surface area contributed by atoms with E-state index in [-0.39, 0.29) is 16.6 Å². The molecule has 94 valence electrons. The van der Waals surface area contributed by atoms with Crippen LogP contribution in [0.1, 0.15) is 43.0 Å². The maximum atomic E-state index is 11.7. The van der Waals surface area contributed by atoms with Crippen molar-refractivity contribution in [1.82, 2.24) is 0 Å². The lowest BCUT2D eigenvalue weighted by Crippen LogP contribution is -1.95. The molecule has 0 saturated carbocycles. The first-order valence-electron chi connectivity index (χ1n) is 5.84. The predicted molar refractivity (Wildman–Crippen MR) is 70.7 cm³/mol. The van der Waals surface area contributed by atoms with Crippen molar-refractivity contribution in [3.63, 3.8) is 0 Å². The monoisotopic (exact) mass is 254 g/mol. The highest BCUT2D eigenvalue weighted by Crippen LogP contribution is 2.27. The van der Waals surface area contributed by atoms with Crippen LogP contribution < -0.4 is 0 Å². The van der Waals surface area contributed by atoms with Gasteiger partial charge in [-0.2, -0.15) is 0 Å². The first kappa shape index (κ1) is 13.9. The van der Waals surface area contributed by atoms with Gasteiger partial charge in [0.15, 0.2) is 11.5 Å². The average Bonchev–Trinajstić information content (AvgIpc) is 2.32. The van der Waals surface area contributed by atoms with Crippen molar-refractivity contribution in [2.45, 2.75) is 32.6 Å². The second kappa shape index (κ2) is 7.22. The van der Waals surface area contributed by atoms with Gasteiger partial charge in [-0.15, -0.1) is 0 Å². The molecule has 0 aliphatic heterocycles. The van der Waals surface area contributed by atoms with E-state index in [1.807, 2.05) is 0 Å². The van der Waals surface area contributed by atoms with Gasteiger partial charge in [-0.25, -0.2) is 0 Å². The van der Waals surface area contributed by atoms with Crippen molar-refractivity contribution in [1.29, 1.82) is 0 Å². The highest BCUT2D eigenvalue weighted by atomic mass is 32.2. The van der Waals surface area contributed by atoms with Gasteiger partial charge >= 0.3 is 0 Å². The second-order valence-electron chi connectivity index (χ2n) is 3.90. The number of carbonyl (C=O) groups excluding carboxylic acids is 1. The Morgan fingerprint density at radius 1 is 1.18 bits per heavy atom. The van der Waals surface area contributed by atoms with Gasteiger partial charge in [0.1, 0.15) is 0 Å². The number of rotatable bonds is 6. The van der Waals surface area contributed by atoms with Gasteiger partial charge in [0, 0.05) is 11.3 Å². The fourth-order valence-corrected chi connectivity index (χ4v) is 2.25. The van der Waals surface area contributed by atoms with Crippen molar-refractivity contribution in [2.24, 2.45) is 0 Å². The van der Waals surface area contributed by atoms with E-state index in [2.05, 4.69) is 6.92 Å². The first-order valence-corrected chi connectivity index (χ1v) is 6.82. The molecule has 0 saturated heterocycles. The van der Waals surface area contributed by atoms with Crippen molar-refractivity contribution >= 4 is 16.9 Å². The highest BCUT2D eigenvalue weighted by molar-refractivity contribution is 8.14. The second-order valence-corrected chi connectivity index (χ2v) is 4.97. The third-order valence-corrected chi connectivity index (χ3v) is 3.43. The Balaban J connectivity index is 2.39. The minimum Gasteiger partial charge on any atom is -0.504 e. The van der Waals surface area contributed by atoms with Crippen LogP contribution in [0, 0.1) is 0 Å². The Morgan fingerprint density at radius 2 is 1.94 bits per heavy atom. The summed E-state index contributed by atoms with van der Waals surface area (Å²) in [6.07, 6.45) is 4.57. The normalized spacial score (nSPS) is 10.4. The maximum Gasteiger partial charge on any atom is 0.219 e. The van der Waals surface area contributed by atoms with E-state index in [4.69, 9.17) is 5.11 Å². The lowest BCUT2D eigenvalue weighted by Gasteiger charge is -2.03. The minimum absolute atomic E-state index is 0.0585. The zero-order valence-corrected chi connectivity index (χ0v) is 10.8. The molecule has 0 atom stereocenters. The predicted octanol–water partition coefficient (Wildman–Crippen LogP) is 3.55. The van der Waals surface area contributed by atoms with E-state index >= 15 is 0 Å². The number of phenols is 2. The van der Waals surface area contributed by atoms with Crippen LogP contribution in [0.4, 0.5) is 0 Å². The Kier molecular flexibility index (Phi) is 5.91. The summed E-state index contributed by atoms with van der Waals surface area (Å²) in [4.78, 5) is 11.7. The third kappa shape index (κ3) is 4.69. The zero-order chi connectivity index (χ0) is 12.7. The van der Waals surface area contributed by atoms with Crippen molar-refractivity contribution < 1.29 is 15.0 Å².